The Morgan fingerprint density at radius 2 is 2.05 bits per heavy atom. The van der Waals surface area contributed by atoms with Gasteiger partial charge in [0.15, 0.2) is 0 Å². The van der Waals surface area contributed by atoms with Crippen LogP contribution in [-0.4, -0.2) is 29.6 Å². The van der Waals surface area contributed by atoms with E-state index in [4.69, 9.17) is 0 Å². The molecule has 1 amide bonds. The first-order valence-corrected chi connectivity index (χ1v) is 8.35. The largest absolute Gasteiger partial charge is 0.348 e. The van der Waals surface area contributed by atoms with Gasteiger partial charge >= 0.3 is 0 Å². The van der Waals surface area contributed by atoms with Gasteiger partial charge in [0.05, 0.1) is 0 Å². The van der Waals surface area contributed by atoms with E-state index in [0.717, 1.165) is 44.5 Å². The Kier molecular flexibility index (Phi) is 5.85. The molecular formula is C17H29N3O. The number of nitrogens with one attached hydrogen (secondary N) is 2. The highest BCUT2D eigenvalue weighted by Gasteiger charge is 2.22. The van der Waals surface area contributed by atoms with Crippen molar-refractivity contribution >= 4 is 5.91 Å². The van der Waals surface area contributed by atoms with Gasteiger partial charge in [-0.15, -0.1) is 0 Å². The number of piperidine rings is 1. The van der Waals surface area contributed by atoms with E-state index in [1.165, 1.54) is 0 Å². The number of amides is 1. The third kappa shape index (κ3) is 3.88. The van der Waals surface area contributed by atoms with E-state index in [0.29, 0.717) is 12.0 Å². The molecule has 2 rings (SSSR count). The highest BCUT2D eigenvalue weighted by atomic mass is 16.2. The van der Waals surface area contributed by atoms with Gasteiger partial charge in [-0.05, 0) is 50.9 Å². The molecule has 0 aliphatic carbocycles. The zero-order valence-corrected chi connectivity index (χ0v) is 13.6. The molecule has 21 heavy (non-hydrogen) atoms. The number of rotatable bonds is 6. The van der Waals surface area contributed by atoms with Crippen LogP contribution in [0.3, 0.4) is 0 Å². The number of carbonyl (C=O) groups is 1. The molecule has 4 nitrogen and oxygen atoms in total. The first kappa shape index (κ1) is 16.1. The summed E-state index contributed by atoms with van der Waals surface area (Å²) in [6.45, 7) is 8.57. The highest BCUT2D eigenvalue weighted by Crippen LogP contribution is 2.21. The minimum absolute atomic E-state index is 0.0675. The van der Waals surface area contributed by atoms with Crippen LogP contribution in [0.15, 0.2) is 18.3 Å². The zero-order valence-electron chi connectivity index (χ0n) is 13.6. The van der Waals surface area contributed by atoms with E-state index in [1.807, 2.05) is 18.3 Å². The molecule has 1 saturated heterocycles. The van der Waals surface area contributed by atoms with Gasteiger partial charge < -0.3 is 15.2 Å². The van der Waals surface area contributed by atoms with E-state index in [-0.39, 0.29) is 11.9 Å². The maximum atomic E-state index is 12.6. The van der Waals surface area contributed by atoms with Gasteiger partial charge in [0.1, 0.15) is 5.69 Å². The summed E-state index contributed by atoms with van der Waals surface area (Å²) in [7, 11) is 0. The average Bonchev–Trinajstić information content (AvgIpc) is 2.99. The Morgan fingerprint density at radius 1 is 1.38 bits per heavy atom. The lowest BCUT2D eigenvalue weighted by molar-refractivity contribution is 0.0912. The number of aromatic nitrogens is 1. The summed E-state index contributed by atoms with van der Waals surface area (Å²) in [5.74, 6) is 0.620. The van der Waals surface area contributed by atoms with E-state index in [1.54, 1.807) is 0 Å². The van der Waals surface area contributed by atoms with Gasteiger partial charge in [-0.1, -0.05) is 26.7 Å². The molecule has 0 aromatic carbocycles. The molecule has 1 aliphatic rings. The van der Waals surface area contributed by atoms with Crippen molar-refractivity contribution in [2.45, 2.75) is 58.5 Å². The summed E-state index contributed by atoms with van der Waals surface area (Å²) in [5, 5.41) is 6.56. The lowest BCUT2D eigenvalue weighted by Crippen LogP contribution is -2.39. The van der Waals surface area contributed by atoms with Crippen LogP contribution in [0.25, 0.3) is 0 Å². The van der Waals surface area contributed by atoms with Crippen molar-refractivity contribution in [3.8, 4) is 0 Å². The van der Waals surface area contributed by atoms with Crippen molar-refractivity contribution in [2.75, 3.05) is 13.1 Å². The van der Waals surface area contributed by atoms with Crippen molar-refractivity contribution in [3.05, 3.63) is 24.0 Å². The third-order valence-electron chi connectivity index (χ3n) is 4.83. The zero-order chi connectivity index (χ0) is 15.2. The van der Waals surface area contributed by atoms with E-state index in [2.05, 4.69) is 36.0 Å². The van der Waals surface area contributed by atoms with Gasteiger partial charge in [-0.2, -0.15) is 0 Å². The van der Waals surface area contributed by atoms with Crippen molar-refractivity contribution in [1.82, 2.24) is 15.2 Å². The SMILES string of the molecule is CCC(CC)C(C)NC(=O)c1cccn1C1CCNCC1. The molecule has 0 saturated carbocycles. The maximum absolute atomic E-state index is 12.6. The molecule has 1 aliphatic heterocycles. The highest BCUT2D eigenvalue weighted by molar-refractivity contribution is 5.93. The summed E-state index contributed by atoms with van der Waals surface area (Å²) >= 11 is 0. The van der Waals surface area contributed by atoms with E-state index < -0.39 is 0 Å². The summed E-state index contributed by atoms with van der Waals surface area (Å²) in [6, 6.07) is 4.60. The minimum Gasteiger partial charge on any atom is -0.348 e. The van der Waals surface area contributed by atoms with E-state index >= 15 is 0 Å². The molecule has 1 aromatic heterocycles. The lowest BCUT2D eigenvalue weighted by Gasteiger charge is -2.27. The molecule has 0 radical (unpaired) electrons. The van der Waals surface area contributed by atoms with Crippen LogP contribution in [0.2, 0.25) is 0 Å². The molecule has 2 heterocycles. The van der Waals surface area contributed by atoms with Crippen molar-refractivity contribution < 1.29 is 4.79 Å². The monoisotopic (exact) mass is 291 g/mol. The van der Waals surface area contributed by atoms with Crippen molar-refractivity contribution in [3.63, 3.8) is 0 Å². The van der Waals surface area contributed by atoms with Crippen molar-refractivity contribution in [2.24, 2.45) is 5.92 Å². The molecule has 2 N–H and O–H groups in total. The second-order valence-electron chi connectivity index (χ2n) is 6.12. The van der Waals surface area contributed by atoms with E-state index in [9.17, 15) is 4.79 Å². The normalized spacial score (nSPS) is 17.9. The van der Waals surface area contributed by atoms with Gasteiger partial charge in [0.2, 0.25) is 0 Å². The Hall–Kier alpha value is -1.29. The van der Waals surface area contributed by atoms with Gasteiger partial charge in [0, 0.05) is 18.3 Å². The Morgan fingerprint density at radius 3 is 2.67 bits per heavy atom. The second kappa shape index (κ2) is 7.64. The molecule has 118 valence electrons. The average molecular weight is 291 g/mol. The molecule has 0 bridgehead atoms. The molecule has 0 spiro atoms. The molecule has 4 heteroatoms. The van der Waals surface area contributed by atoms with Gasteiger partial charge in [0.25, 0.3) is 5.91 Å². The predicted molar refractivity (Wildman–Crippen MR) is 86.6 cm³/mol. The molecule has 1 atom stereocenters. The number of carbonyl (C=O) groups excluding carboxylic acids is 1. The summed E-state index contributed by atoms with van der Waals surface area (Å²) in [5.41, 5.74) is 0.805. The fraction of sp³-hybridized carbons (Fsp3) is 0.706. The Labute approximate surface area is 128 Å². The Balaban J connectivity index is 2.04. The summed E-state index contributed by atoms with van der Waals surface area (Å²) in [6.07, 6.45) is 6.45. The van der Waals surface area contributed by atoms with Crippen molar-refractivity contribution in [1.29, 1.82) is 0 Å². The number of hydrogen-bond donors (Lipinski definition) is 2. The maximum Gasteiger partial charge on any atom is 0.268 e. The summed E-state index contributed by atoms with van der Waals surface area (Å²) in [4.78, 5) is 12.6. The Bertz CT molecular complexity index is 445. The standard InChI is InChI=1S/C17H29N3O/c1-4-14(5-2)13(3)19-17(21)16-7-6-12-20(16)15-8-10-18-11-9-15/h6-7,12-15,18H,4-5,8-11H2,1-3H3,(H,19,21). The van der Waals surface area contributed by atoms with Crippen LogP contribution in [0.1, 0.15) is 63.0 Å². The smallest absolute Gasteiger partial charge is 0.268 e. The van der Waals surface area contributed by atoms with Crippen LogP contribution in [0.4, 0.5) is 0 Å². The molecular weight excluding hydrogens is 262 g/mol. The molecule has 1 aromatic rings. The second-order valence-corrected chi connectivity index (χ2v) is 6.12. The van der Waals surface area contributed by atoms with Gasteiger partial charge in [-0.25, -0.2) is 0 Å². The van der Waals surface area contributed by atoms with Crippen LogP contribution in [0, 0.1) is 5.92 Å². The predicted octanol–water partition coefficient (Wildman–Crippen LogP) is 2.97. The number of nitrogens with zero attached hydrogens (tertiary/aromatic N) is 1. The minimum atomic E-state index is 0.0675. The summed E-state index contributed by atoms with van der Waals surface area (Å²) < 4.78 is 2.16. The fourth-order valence-electron chi connectivity index (χ4n) is 3.38. The van der Waals surface area contributed by atoms with Crippen LogP contribution in [0.5, 0.6) is 0 Å². The molecule has 1 fully saturated rings. The van der Waals surface area contributed by atoms with Crippen LogP contribution in [-0.2, 0) is 0 Å². The molecule has 1 unspecified atom stereocenters. The topological polar surface area (TPSA) is 46.1 Å². The quantitative estimate of drug-likeness (QED) is 0.846. The van der Waals surface area contributed by atoms with Crippen LogP contribution < -0.4 is 10.6 Å². The van der Waals surface area contributed by atoms with Crippen LogP contribution >= 0.6 is 0 Å². The fourth-order valence-corrected chi connectivity index (χ4v) is 3.38. The first-order valence-electron chi connectivity index (χ1n) is 8.35. The van der Waals surface area contributed by atoms with Gasteiger partial charge in [-0.3, -0.25) is 4.79 Å². The lowest BCUT2D eigenvalue weighted by atomic mass is 9.95. The first-order chi connectivity index (χ1) is 10.2. The number of hydrogen-bond acceptors (Lipinski definition) is 2. The third-order valence-corrected chi connectivity index (χ3v) is 4.83.